The second kappa shape index (κ2) is 9.69. The molecule has 0 fully saturated rings. The van der Waals surface area contributed by atoms with Gasteiger partial charge in [-0.05, 0) is 50.6 Å². The molecular weight excluding hydrogens is 380 g/mol. The van der Waals surface area contributed by atoms with Crippen molar-refractivity contribution in [3.63, 3.8) is 0 Å². The van der Waals surface area contributed by atoms with Crippen LogP contribution >= 0.6 is 0 Å². The van der Waals surface area contributed by atoms with Crippen molar-refractivity contribution >= 4 is 23.2 Å². The number of aryl methyl sites for hydroxylation is 2. The zero-order valence-corrected chi connectivity index (χ0v) is 17.4. The average Bonchev–Trinajstić information content (AvgIpc) is 3.19. The lowest BCUT2D eigenvalue weighted by atomic mass is 10.2. The van der Waals surface area contributed by atoms with Crippen LogP contribution in [0.5, 0.6) is 0 Å². The van der Waals surface area contributed by atoms with Crippen LogP contribution in [0, 0.1) is 13.8 Å². The molecule has 0 bridgehead atoms. The Hall–Kier alpha value is -3.68. The summed E-state index contributed by atoms with van der Waals surface area (Å²) in [5.41, 5.74) is 3.77. The van der Waals surface area contributed by atoms with Crippen molar-refractivity contribution in [3.8, 4) is 0 Å². The highest BCUT2D eigenvalue weighted by Crippen LogP contribution is 2.16. The van der Waals surface area contributed by atoms with Crippen molar-refractivity contribution in [2.45, 2.75) is 20.8 Å². The Morgan fingerprint density at radius 1 is 1.10 bits per heavy atom. The molecule has 3 rings (SSSR count). The largest absolute Gasteiger partial charge is 0.370 e. The van der Waals surface area contributed by atoms with Crippen LogP contribution in [-0.4, -0.2) is 46.6 Å². The zero-order valence-electron chi connectivity index (χ0n) is 17.4. The van der Waals surface area contributed by atoms with E-state index in [9.17, 15) is 9.59 Å². The van der Waals surface area contributed by atoms with Gasteiger partial charge in [-0.1, -0.05) is 18.2 Å². The Bertz CT molecular complexity index is 1030. The van der Waals surface area contributed by atoms with Crippen LogP contribution < -0.4 is 15.5 Å². The first-order valence-electron chi connectivity index (χ1n) is 9.86. The van der Waals surface area contributed by atoms with Crippen LogP contribution in [0.2, 0.25) is 0 Å². The van der Waals surface area contributed by atoms with Crippen molar-refractivity contribution < 1.29 is 9.59 Å². The predicted octanol–water partition coefficient (Wildman–Crippen LogP) is 2.93. The number of nitrogens with zero attached hydrogens (tertiary/aromatic N) is 3. The van der Waals surface area contributed by atoms with Gasteiger partial charge >= 0.3 is 0 Å². The van der Waals surface area contributed by atoms with Crippen LogP contribution in [0.1, 0.15) is 39.2 Å². The standard InChI is InChI=1S/C22H26N6O2/c1-4-28(17-9-5-7-15(2)13-17)12-11-23-22(30)20-19(14-24-27-20)26-21(29)18-10-6-8-16(3)25-18/h5-10,13-14H,4,11-12H2,1-3H3,(H,23,30)(H,24,27)(H,26,29). The molecule has 0 aliphatic carbocycles. The van der Waals surface area contributed by atoms with E-state index in [1.807, 2.05) is 19.1 Å². The highest BCUT2D eigenvalue weighted by Gasteiger charge is 2.18. The second-order valence-corrected chi connectivity index (χ2v) is 6.94. The third kappa shape index (κ3) is 5.22. The molecule has 3 aromatic rings. The molecular formula is C22H26N6O2. The van der Waals surface area contributed by atoms with E-state index in [-0.39, 0.29) is 17.3 Å². The van der Waals surface area contributed by atoms with E-state index in [1.54, 1.807) is 12.1 Å². The van der Waals surface area contributed by atoms with Gasteiger partial charge in [0.2, 0.25) is 0 Å². The van der Waals surface area contributed by atoms with Gasteiger partial charge in [0.25, 0.3) is 11.8 Å². The molecule has 8 heteroatoms. The van der Waals surface area contributed by atoms with Crippen LogP contribution in [-0.2, 0) is 0 Å². The molecule has 8 nitrogen and oxygen atoms in total. The Morgan fingerprint density at radius 3 is 2.63 bits per heavy atom. The second-order valence-electron chi connectivity index (χ2n) is 6.94. The van der Waals surface area contributed by atoms with Gasteiger partial charge in [-0.3, -0.25) is 14.7 Å². The lowest BCUT2D eigenvalue weighted by Crippen LogP contribution is -2.35. The summed E-state index contributed by atoms with van der Waals surface area (Å²) in [5.74, 6) is -0.755. The maximum atomic E-state index is 12.6. The minimum atomic E-state index is -0.397. The third-order valence-electron chi connectivity index (χ3n) is 4.64. The molecule has 0 aliphatic rings. The van der Waals surface area contributed by atoms with Crippen molar-refractivity contribution in [3.05, 3.63) is 71.3 Å². The number of aromatic amines is 1. The SMILES string of the molecule is CCN(CCNC(=O)c1n[nH]cc1NC(=O)c1cccc(C)n1)c1cccc(C)c1. The fourth-order valence-corrected chi connectivity index (χ4v) is 3.10. The molecule has 2 aromatic heterocycles. The Labute approximate surface area is 175 Å². The number of amides is 2. The molecule has 2 amide bonds. The summed E-state index contributed by atoms with van der Waals surface area (Å²) in [7, 11) is 0. The summed E-state index contributed by atoms with van der Waals surface area (Å²) in [6.07, 6.45) is 1.48. The number of benzene rings is 1. The summed E-state index contributed by atoms with van der Waals surface area (Å²) < 4.78 is 0. The first-order chi connectivity index (χ1) is 14.5. The lowest BCUT2D eigenvalue weighted by molar-refractivity contribution is 0.0950. The first-order valence-corrected chi connectivity index (χ1v) is 9.86. The molecule has 156 valence electrons. The number of carbonyl (C=O) groups is 2. The average molecular weight is 406 g/mol. The summed E-state index contributed by atoms with van der Waals surface area (Å²) in [4.78, 5) is 31.4. The first kappa shape index (κ1) is 21.0. The molecule has 1 aromatic carbocycles. The maximum absolute atomic E-state index is 12.6. The van der Waals surface area contributed by atoms with Gasteiger partial charge in [0.15, 0.2) is 5.69 Å². The van der Waals surface area contributed by atoms with Crippen molar-refractivity contribution in [2.75, 3.05) is 29.9 Å². The zero-order chi connectivity index (χ0) is 21.5. The van der Waals surface area contributed by atoms with Crippen LogP contribution in [0.15, 0.2) is 48.7 Å². The number of hydrogen-bond donors (Lipinski definition) is 3. The van der Waals surface area contributed by atoms with Gasteiger partial charge in [-0.25, -0.2) is 4.98 Å². The number of hydrogen-bond acceptors (Lipinski definition) is 5. The van der Waals surface area contributed by atoms with E-state index < -0.39 is 5.91 Å². The molecule has 0 saturated heterocycles. The molecule has 2 heterocycles. The van der Waals surface area contributed by atoms with Crippen molar-refractivity contribution in [2.24, 2.45) is 0 Å². The monoisotopic (exact) mass is 406 g/mol. The fraction of sp³-hybridized carbons (Fsp3) is 0.273. The number of nitrogens with one attached hydrogen (secondary N) is 3. The normalized spacial score (nSPS) is 10.5. The number of aromatic nitrogens is 3. The highest BCUT2D eigenvalue weighted by atomic mass is 16.2. The van der Waals surface area contributed by atoms with Gasteiger partial charge in [0, 0.05) is 37.2 Å². The highest BCUT2D eigenvalue weighted by molar-refractivity contribution is 6.07. The lowest BCUT2D eigenvalue weighted by Gasteiger charge is -2.23. The molecule has 0 saturated carbocycles. The van der Waals surface area contributed by atoms with E-state index in [4.69, 9.17) is 0 Å². The van der Waals surface area contributed by atoms with E-state index in [1.165, 1.54) is 11.8 Å². The number of H-pyrrole nitrogens is 1. The van der Waals surface area contributed by atoms with Gasteiger partial charge < -0.3 is 15.5 Å². The van der Waals surface area contributed by atoms with E-state index in [0.717, 1.165) is 17.9 Å². The number of pyridine rings is 1. The van der Waals surface area contributed by atoms with Crippen LogP contribution in [0.4, 0.5) is 11.4 Å². The number of likely N-dealkylation sites (N-methyl/N-ethyl adjacent to an activating group) is 1. The molecule has 0 unspecified atom stereocenters. The summed E-state index contributed by atoms with van der Waals surface area (Å²) in [6.45, 7) is 7.87. The topological polar surface area (TPSA) is 103 Å². The molecule has 0 aliphatic heterocycles. The number of carbonyl (C=O) groups excluding carboxylic acids is 2. The quantitative estimate of drug-likeness (QED) is 0.534. The minimum Gasteiger partial charge on any atom is -0.370 e. The molecule has 0 atom stereocenters. The van der Waals surface area contributed by atoms with Gasteiger partial charge in [-0.15, -0.1) is 0 Å². The van der Waals surface area contributed by atoms with Crippen molar-refractivity contribution in [1.82, 2.24) is 20.5 Å². The van der Waals surface area contributed by atoms with E-state index in [2.05, 4.69) is 62.8 Å². The van der Waals surface area contributed by atoms with E-state index >= 15 is 0 Å². The van der Waals surface area contributed by atoms with Gasteiger partial charge in [-0.2, -0.15) is 5.10 Å². The van der Waals surface area contributed by atoms with E-state index in [0.29, 0.717) is 18.8 Å². The molecule has 0 spiro atoms. The van der Waals surface area contributed by atoms with Gasteiger partial charge in [0.1, 0.15) is 5.69 Å². The summed E-state index contributed by atoms with van der Waals surface area (Å²) >= 11 is 0. The van der Waals surface area contributed by atoms with Crippen LogP contribution in [0.3, 0.4) is 0 Å². The maximum Gasteiger partial charge on any atom is 0.274 e. The third-order valence-corrected chi connectivity index (χ3v) is 4.64. The number of rotatable bonds is 8. The number of anilines is 2. The molecule has 0 radical (unpaired) electrons. The van der Waals surface area contributed by atoms with Crippen molar-refractivity contribution in [1.29, 1.82) is 0 Å². The molecule has 30 heavy (non-hydrogen) atoms. The smallest absolute Gasteiger partial charge is 0.274 e. The summed E-state index contributed by atoms with van der Waals surface area (Å²) in [5, 5.41) is 12.2. The Morgan fingerprint density at radius 2 is 1.90 bits per heavy atom. The predicted molar refractivity (Wildman–Crippen MR) is 117 cm³/mol. The summed E-state index contributed by atoms with van der Waals surface area (Å²) in [6, 6.07) is 13.4. The fourth-order valence-electron chi connectivity index (χ4n) is 3.10. The molecule has 3 N–H and O–H groups in total. The van der Waals surface area contributed by atoms with Crippen LogP contribution in [0.25, 0.3) is 0 Å². The minimum absolute atomic E-state index is 0.134. The Balaban J connectivity index is 1.59. The van der Waals surface area contributed by atoms with Gasteiger partial charge in [0.05, 0.1) is 5.69 Å². The Kier molecular flexibility index (Phi) is 6.79.